The molecule has 5 heterocycles. The maximum atomic E-state index is 9.05. The normalized spacial score (nSPS) is 10.8. The highest BCUT2D eigenvalue weighted by molar-refractivity contribution is 7.34. The van der Waals surface area contributed by atoms with E-state index in [9.17, 15) is 0 Å². The quantitative estimate of drug-likeness (QED) is 0.304. The van der Waals surface area contributed by atoms with E-state index in [1.54, 1.807) is 46.2 Å². The zero-order valence-electron chi connectivity index (χ0n) is 16.2. The molecule has 0 spiro atoms. The first kappa shape index (κ1) is 19.1. The highest BCUT2D eigenvalue weighted by Gasteiger charge is 2.23. The van der Waals surface area contributed by atoms with Gasteiger partial charge in [0.05, 0.1) is 40.9 Å². The predicted octanol–water partition coefficient (Wildman–Crippen LogP) is 6.02. The fraction of sp³-hybridized carbons (Fsp3) is 0.0909. The molecule has 31 heavy (non-hydrogen) atoms. The van der Waals surface area contributed by atoms with Crippen LogP contribution in [0.1, 0.15) is 9.75 Å². The molecule has 0 aliphatic rings. The first-order valence-corrected chi connectivity index (χ1v) is 11.4. The molecule has 5 aromatic rings. The van der Waals surface area contributed by atoms with E-state index in [-0.39, 0.29) is 11.1 Å². The lowest BCUT2D eigenvalue weighted by atomic mass is 10.3. The molecular weight excluding hydrogens is 444 g/mol. The van der Waals surface area contributed by atoms with Crippen molar-refractivity contribution in [3.63, 3.8) is 0 Å². The van der Waals surface area contributed by atoms with E-state index in [1.165, 1.54) is 9.40 Å². The van der Waals surface area contributed by atoms with Crippen LogP contribution in [-0.2, 0) is 14.1 Å². The molecule has 0 radical (unpaired) electrons. The fourth-order valence-corrected chi connectivity index (χ4v) is 7.72. The van der Waals surface area contributed by atoms with Gasteiger partial charge in [-0.3, -0.25) is 0 Å². The zero-order valence-corrected chi connectivity index (χ0v) is 18.7. The van der Waals surface area contributed by atoms with Crippen molar-refractivity contribution in [3.05, 3.63) is 33.0 Å². The van der Waals surface area contributed by atoms with Gasteiger partial charge in [-0.25, -0.2) is 0 Å². The molecule has 0 atom stereocenters. The van der Waals surface area contributed by atoms with Crippen molar-refractivity contribution in [3.8, 4) is 24.3 Å². The molecule has 6 nitrogen and oxygen atoms in total. The van der Waals surface area contributed by atoms with Crippen molar-refractivity contribution in [2.24, 2.45) is 14.1 Å². The molecule has 0 aliphatic heterocycles. The number of hydrogen-bond donors (Lipinski definition) is 0. The van der Waals surface area contributed by atoms with Crippen LogP contribution in [0.4, 0.5) is 0 Å². The van der Waals surface area contributed by atoms with Crippen LogP contribution in [0.15, 0.2) is 23.3 Å². The first-order valence-electron chi connectivity index (χ1n) is 8.97. The van der Waals surface area contributed by atoms with Gasteiger partial charge in [0.15, 0.2) is 0 Å². The predicted molar refractivity (Wildman–Crippen MR) is 126 cm³/mol. The Morgan fingerprint density at radius 3 is 1.42 bits per heavy atom. The van der Waals surface area contributed by atoms with E-state index in [0.717, 1.165) is 41.2 Å². The maximum Gasteiger partial charge on any atom is 0.131 e. The molecule has 0 aromatic carbocycles. The highest BCUT2D eigenvalue weighted by Crippen LogP contribution is 2.48. The van der Waals surface area contributed by atoms with Crippen LogP contribution in [0.2, 0.25) is 0 Å². The maximum absolute atomic E-state index is 9.05. The number of nitrogens with zero attached hydrogens (tertiary/aromatic N) is 6. The number of aryl methyl sites for hydroxylation is 2. The standard InChI is InChI=1S/C22H10N6S3/c1-27-15-5-13(3-11(7-23)8-24)29-19(15)21-17(27)18-22(31-21)20-16(28(18)2)6-14(30-20)4-12(9-25)10-26/h3-6H,1-2H3. The van der Waals surface area contributed by atoms with Gasteiger partial charge in [0.2, 0.25) is 0 Å². The van der Waals surface area contributed by atoms with Crippen molar-refractivity contribution in [1.82, 2.24) is 9.13 Å². The summed E-state index contributed by atoms with van der Waals surface area (Å²) in [7, 11) is 4.07. The van der Waals surface area contributed by atoms with Gasteiger partial charge in [-0.1, -0.05) is 0 Å². The summed E-state index contributed by atoms with van der Waals surface area (Å²) in [6.07, 6.45) is 3.25. The molecule has 146 valence electrons. The monoisotopic (exact) mass is 454 g/mol. The van der Waals surface area contributed by atoms with Crippen LogP contribution < -0.4 is 0 Å². The summed E-state index contributed by atoms with van der Waals surface area (Å²) in [5.74, 6) is 0. The number of rotatable bonds is 2. The molecular formula is C22H10N6S3. The molecule has 5 rings (SSSR count). The minimum absolute atomic E-state index is 0.0918. The topological polar surface area (TPSA) is 105 Å². The Balaban J connectivity index is 1.78. The second-order valence-corrected chi connectivity index (χ2v) is 10.1. The Hall–Kier alpha value is -3.86. The zero-order chi connectivity index (χ0) is 21.9. The summed E-state index contributed by atoms with van der Waals surface area (Å²) < 4.78 is 8.98. The van der Waals surface area contributed by atoms with Crippen molar-refractivity contribution in [2.75, 3.05) is 0 Å². The van der Waals surface area contributed by atoms with E-state index in [2.05, 4.69) is 9.13 Å². The lowest BCUT2D eigenvalue weighted by Crippen LogP contribution is -1.90. The molecule has 0 amide bonds. The van der Waals surface area contributed by atoms with Gasteiger partial charge in [-0.15, -0.1) is 34.0 Å². The summed E-state index contributed by atoms with van der Waals surface area (Å²) >= 11 is 4.89. The lowest BCUT2D eigenvalue weighted by molar-refractivity contribution is 0.989. The molecule has 9 heteroatoms. The van der Waals surface area contributed by atoms with Crippen molar-refractivity contribution >= 4 is 87.0 Å². The van der Waals surface area contributed by atoms with Crippen LogP contribution in [0, 0.1) is 45.3 Å². The summed E-state index contributed by atoms with van der Waals surface area (Å²) in [4.78, 5) is 1.76. The fourth-order valence-electron chi connectivity index (χ4n) is 3.81. The minimum Gasteiger partial charge on any atom is -0.340 e. The van der Waals surface area contributed by atoms with Crippen LogP contribution >= 0.6 is 34.0 Å². The van der Waals surface area contributed by atoms with Crippen molar-refractivity contribution in [2.45, 2.75) is 0 Å². The second-order valence-electron chi connectivity index (χ2n) is 6.87. The third-order valence-corrected chi connectivity index (χ3v) is 8.82. The second kappa shape index (κ2) is 6.84. The third-order valence-electron chi connectivity index (χ3n) is 5.18. The Kier molecular flexibility index (Phi) is 4.22. The van der Waals surface area contributed by atoms with Crippen LogP contribution in [0.5, 0.6) is 0 Å². The Bertz CT molecular complexity index is 1630. The van der Waals surface area contributed by atoms with Gasteiger partial charge >= 0.3 is 0 Å². The van der Waals surface area contributed by atoms with Gasteiger partial charge < -0.3 is 9.13 Å². The molecule has 0 saturated heterocycles. The molecule has 0 N–H and O–H groups in total. The summed E-state index contributed by atoms with van der Waals surface area (Å²) in [5, 5.41) is 36.2. The molecule has 0 fully saturated rings. The summed E-state index contributed by atoms with van der Waals surface area (Å²) in [6, 6.07) is 11.7. The Labute approximate surface area is 188 Å². The van der Waals surface area contributed by atoms with Crippen molar-refractivity contribution < 1.29 is 0 Å². The smallest absolute Gasteiger partial charge is 0.131 e. The number of fused-ring (bicyclic) bond motifs is 7. The van der Waals surface area contributed by atoms with Gasteiger partial charge in [0.1, 0.15) is 35.4 Å². The van der Waals surface area contributed by atoms with Crippen LogP contribution in [-0.4, -0.2) is 9.13 Å². The minimum atomic E-state index is 0.0918. The average Bonchev–Trinajstić information content (AvgIpc) is 3.54. The Morgan fingerprint density at radius 2 is 1.06 bits per heavy atom. The van der Waals surface area contributed by atoms with E-state index < -0.39 is 0 Å². The van der Waals surface area contributed by atoms with E-state index >= 15 is 0 Å². The average molecular weight is 455 g/mol. The SMILES string of the molecule is Cn1c2cc(C=C(C#N)C#N)sc2c2sc3c4sc(C=C(C#N)C#N)cc4n(C)c3c21. The third kappa shape index (κ3) is 2.63. The van der Waals surface area contributed by atoms with E-state index in [4.69, 9.17) is 21.0 Å². The molecule has 0 unspecified atom stereocenters. The summed E-state index contributed by atoms with van der Waals surface area (Å²) in [6.45, 7) is 0. The lowest BCUT2D eigenvalue weighted by Gasteiger charge is -1.99. The molecule has 0 bridgehead atoms. The van der Waals surface area contributed by atoms with Crippen LogP contribution in [0.25, 0.3) is 53.0 Å². The number of allylic oxidation sites excluding steroid dienone is 2. The Morgan fingerprint density at radius 1 is 0.677 bits per heavy atom. The van der Waals surface area contributed by atoms with Gasteiger partial charge in [-0.05, 0) is 24.3 Å². The summed E-state index contributed by atoms with van der Waals surface area (Å²) in [5.41, 5.74) is 4.67. The first-order chi connectivity index (χ1) is 15.0. The van der Waals surface area contributed by atoms with E-state index in [1.807, 2.05) is 50.5 Å². The van der Waals surface area contributed by atoms with Crippen molar-refractivity contribution in [1.29, 1.82) is 21.0 Å². The van der Waals surface area contributed by atoms with Gasteiger partial charge in [0.25, 0.3) is 0 Å². The number of thiophene rings is 3. The molecule has 0 saturated carbocycles. The number of nitriles is 4. The van der Waals surface area contributed by atoms with Gasteiger partial charge in [-0.2, -0.15) is 21.0 Å². The van der Waals surface area contributed by atoms with Gasteiger partial charge in [0, 0.05) is 23.8 Å². The largest absolute Gasteiger partial charge is 0.340 e. The highest BCUT2D eigenvalue weighted by atomic mass is 32.1. The number of hydrogen-bond acceptors (Lipinski definition) is 7. The van der Waals surface area contributed by atoms with E-state index in [0.29, 0.717) is 0 Å². The number of aromatic nitrogens is 2. The molecule has 5 aromatic heterocycles. The molecule has 0 aliphatic carbocycles. The van der Waals surface area contributed by atoms with Crippen LogP contribution in [0.3, 0.4) is 0 Å².